The second-order valence-electron chi connectivity index (χ2n) is 5.48. The van der Waals surface area contributed by atoms with Crippen LogP contribution in [0.4, 0.5) is 13.2 Å². The van der Waals surface area contributed by atoms with E-state index in [-0.39, 0.29) is 5.75 Å². The maximum atomic E-state index is 12.5. The molecule has 0 radical (unpaired) electrons. The van der Waals surface area contributed by atoms with E-state index in [2.05, 4.69) is 9.17 Å². The number of pyridine rings is 1. The largest absolute Gasteiger partial charge is 0.508 e. The molecule has 0 amide bonds. The molecule has 0 fully saturated rings. The van der Waals surface area contributed by atoms with E-state index in [1.807, 2.05) is 30.3 Å². The molecular weight excluding hydrogens is 367 g/mol. The van der Waals surface area contributed by atoms with Crippen molar-refractivity contribution in [2.75, 3.05) is 0 Å². The number of benzene rings is 2. The highest BCUT2D eigenvalue weighted by Gasteiger charge is 2.40. The Bertz CT molecular complexity index is 1100. The smallest absolute Gasteiger partial charge is 0.456 e. The minimum atomic E-state index is -4.95. The predicted octanol–water partition coefficient (Wildman–Crippen LogP) is 5.21. The summed E-state index contributed by atoms with van der Waals surface area (Å²) in [5.74, 6) is 0.370. The van der Waals surface area contributed by atoms with Crippen LogP contribution in [0.1, 0.15) is 0 Å². The van der Waals surface area contributed by atoms with Crippen LogP contribution in [0.5, 0.6) is 5.75 Å². The first-order chi connectivity index (χ1) is 12.4. The Labute approximate surface area is 147 Å². The van der Waals surface area contributed by atoms with Crippen LogP contribution in [0.15, 0.2) is 65.3 Å². The minimum Gasteiger partial charge on any atom is -0.456 e. The Hall–Kier alpha value is -2.87. The summed E-state index contributed by atoms with van der Waals surface area (Å²) in [5.41, 5.74) is -3.67. The van der Waals surface area contributed by atoms with Crippen molar-refractivity contribution in [3.63, 3.8) is 0 Å². The molecule has 4 aromatic rings. The zero-order valence-corrected chi connectivity index (χ0v) is 13.8. The first-order valence-corrected chi connectivity index (χ1v) is 8.53. The normalized spacial score (nSPS) is 13.2. The Morgan fingerprint density at radius 1 is 1.00 bits per heavy atom. The van der Waals surface area contributed by atoms with Gasteiger partial charge in [-0.15, -0.1) is 0 Å². The molecular formula is C18H10F3NO3S. The van der Waals surface area contributed by atoms with Gasteiger partial charge >= 0.3 is 16.6 Å². The van der Waals surface area contributed by atoms with Crippen molar-refractivity contribution in [2.24, 2.45) is 0 Å². The van der Waals surface area contributed by atoms with Gasteiger partial charge in [0.25, 0.3) is 0 Å². The number of rotatable bonds is 3. The highest BCUT2D eigenvalue weighted by molar-refractivity contribution is 7.81. The zero-order chi connectivity index (χ0) is 18.3. The van der Waals surface area contributed by atoms with Crippen LogP contribution < -0.4 is 4.18 Å². The van der Waals surface area contributed by atoms with Crippen LogP contribution in [0.25, 0.3) is 33.1 Å². The molecule has 26 heavy (non-hydrogen) atoms. The third kappa shape index (κ3) is 3.03. The monoisotopic (exact) mass is 377 g/mol. The lowest BCUT2D eigenvalue weighted by Crippen LogP contribution is -2.20. The van der Waals surface area contributed by atoms with Crippen molar-refractivity contribution in [1.82, 2.24) is 4.98 Å². The first kappa shape index (κ1) is 16.6. The maximum absolute atomic E-state index is 12.5. The van der Waals surface area contributed by atoms with Crippen molar-refractivity contribution < 1.29 is 26.0 Å². The average Bonchev–Trinajstić information content (AvgIpc) is 3.04. The van der Waals surface area contributed by atoms with Gasteiger partial charge in [0.05, 0.1) is 0 Å². The lowest BCUT2D eigenvalue weighted by atomic mass is 10.1. The molecule has 0 spiro atoms. The number of nitrogens with zero attached hydrogens (tertiary/aromatic N) is 1. The Kier molecular flexibility index (Phi) is 3.91. The van der Waals surface area contributed by atoms with Crippen molar-refractivity contribution in [3.8, 4) is 17.1 Å². The summed E-state index contributed by atoms with van der Waals surface area (Å²) in [6.45, 7) is 0. The molecule has 0 aliphatic carbocycles. The number of fused-ring (bicyclic) bond motifs is 2. The number of aromatic nitrogens is 1. The van der Waals surface area contributed by atoms with E-state index in [1.54, 1.807) is 18.5 Å². The summed E-state index contributed by atoms with van der Waals surface area (Å²) in [6.07, 6.45) is 3.14. The number of hydrogen-bond donors (Lipinski definition) is 0. The molecule has 2 aromatic heterocycles. The van der Waals surface area contributed by atoms with Crippen LogP contribution in [0, 0.1) is 0 Å². The fourth-order valence-corrected chi connectivity index (χ4v) is 3.01. The van der Waals surface area contributed by atoms with Gasteiger partial charge < -0.3 is 8.60 Å². The second-order valence-corrected chi connectivity index (χ2v) is 6.58. The van der Waals surface area contributed by atoms with Gasteiger partial charge in [0.15, 0.2) is 0 Å². The quantitative estimate of drug-likeness (QED) is 0.492. The van der Waals surface area contributed by atoms with Gasteiger partial charge in [-0.1, -0.05) is 18.2 Å². The summed E-state index contributed by atoms with van der Waals surface area (Å²) in [4.78, 5) is 4.15. The number of alkyl halides is 3. The molecule has 8 heteroatoms. The van der Waals surface area contributed by atoms with Gasteiger partial charge in [-0.05, 0) is 35.7 Å². The molecule has 2 aromatic carbocycles. The summed E-state index contributed by atoms with van der Waals surface area (Å²) < 4.78 is 58.9. The van der Waals surface area contributed by atoms with Crippen LogP contribution >= 0.6 is 0 Å². The number of furan rings is 1. The Balaban J connectivity index is 1.82. The van der Waals surface area contributed by atoms with Crippen molar-refractivity contribution in [2.45, 2.75) is 5.51 Å². The van der Waals surface area contributed by atoms with E-state index in [9.17, 15) is 17.4 Å². The van der Waals surface area contributed by atoms with E-state index in [0.29, 0.717) is 27.7 Å². The van der Waals surface area contributed by atoms with Crippen LogP contribution in [-0.4, -0.2) is 14.7 Å². The van der Waals surface area contributed by atoms with Gasteiger partial charge in [-0.25, -0.2) is 4.21 Å². The van der Waals surface area contributed by atoms with E-state index in [4.69, 9.17) is 4.42 Å². The average molecular weight is 377 g/mol. The fraction of sp³-hybridized carbons (Fsp3) is 0.0556. The van der Waals surface area contributed by atoms with Crippen LogP contribution in [0.2, 0.25) is 0 Å². The van der Waals surface area contributed by atoms with Crippen LogP contribution in [0.3, 0.4) is 0 Å². The molecule has 0 bridgehead atoms. The van der Waals surface area contributed by atoms with E-state index in [0.717, 1.165) is 5.39 Å². The molecule has 0 aliphatic rings. The first-order valence-electron chi connectivity index (χ1n) is 7.45. The lowest BCUT2D eigenvalue weighted by molar-refractivity contribution is -0.0437. The standard InChI is InChI=1S/C18H10F3NO3S/c19-18(20,21)26(23)25-13-6-5-12-9-22-10-15(14(12)8-13)17-7-11-3-1-2-4-16(11)24-17/h1-10H. The minimum absolute atomic E-state index is 0.156. The van der Waals surface area contributed by atoms with Gasteiger partial charge in [0.2, 0.25) is 0 Å². The number of para-hydroxylation sites is 1. The molecule has 0 N–H and O–H groups in total. The molecule has 4 nitrogen and oxygen atoms in total. The Morgan fingerprint density at radius 2 is 1.81 bits per heavy atom. The zero-order valence-electron chi connectivity index (χ0n) is 13.0. The molecule has 0 saturated carbocycles. The number of hydrogen-bond acceptors (Lipinski definition) is 4. The van der Waals surface area contributed by atoms with Gasteiger partial charge in [0, 0.05) is 28.7 Å². The fourth-order valence-electron chi connectivity index (χ4n) is 2.64. The summed E-state index contributed by atoms with van der Waals surface area (Å²) in [5, 5.41) is 2.16. The van der Waals surface area contributed by atoms with Crippen molar-refractivity contribution >= 4 is 32.8 Å². The molecule has 132 valence electrons. The summed E-state index contributed by atoms with van der Waals surface area (Å²) in [7, 11) is 0. The van der Waals surface area contributed by atoms with Crippen molar-refractivity contribution in [3.05, 3.63) is 60.9 Å². The van der Waals surface area contributed by atoms with Gasteiger partial charge in [0.1, 0.15) is 17.1 Å². The Morgan fingerprint density at radius 3 is 2.58 bits per heavy atom. The highest BCUT2D eigenvalue weighted by Crippen LogP contribution is 2.34. The van der Waals surface area contributed by atoms with E-state index < -0.39 is 16.6 Å². The third-order valence-corrected chi connectivity index (χ3v) is 4.51. The van der Waals surface area contributed by atoms with Crippen LogP contribution in [-0.2, 0) is 11.1 Å². The molecule has 0 saturated heterocycles. The summed E-state index contributed by atoms with van der Waals surface area (Å²) in [6, 6.07) is 13.5. The van der Waals surface area contributed by atoms with Gasteiger partial charge in [-0.2, -0.15) is 13.2 Å². The summed E-state index contributed by atoms with van der Waals surface area (Å²) >= 11 is -3.43. The molecule has 4 rings (SSSR count). The lowest BCUT2D eigenvalue weighted by Gasteiger charge is -2.09. The van der Waals surface area contributed by atoms with Gasteiger partial charge in [-0.3, -0.25) is 4.98 Å². The van der Waals surface area contributed by atoms with E-state index in [1.165, 1.54) is 12.1 Å². The SMILES string of the molecule is O=S(Oc1ccc2cncc(-c3cc4ccccc4o3)c2c1)C(F)(F)F. The highest BCUT2D eigenvalue weighted by atomic mass is 32.2. The topological polar surface area (TPSA) is 52.3 Å². The molecule has 1 unspecified atom stereocenters. The molecule has 0 aliphatic heterocycles. The maximum Gasteiger partial charge on any atom is 0.508 e. The molecule has 2 heterocycles. The van der Waals surface area contributed by atoms with E-state index >= 15 is 0 Å². The molecule has 1 atom stereocenters. The van der Waals surface area contributed by atoms with Crippen molar-refractivity contribution in [1.29, 1.82) is 0 Å². The second kappa shape index (κ2) is 6.14. The predicted molar refractivity (Wildman–Crippen MR) is 91.8 cm³/mol. The third-order valence-electron chi connectivity index (χ3n) is 3.78. The number of halogens is 3.